The maximum absolute atomic E-state index is 3.10. The summed E-state index contributed by atoms with van der Waals surface area (Å²) in [6.07, 6.45) is 22.5. The second kappa shape index (κ2) is 6.66. The molecule has 0 amide bonds. The lowest BCUT2D eigenvalue weighted by atomic mass is 10.2. The summed E-state index contributed by atoms with van der Waals surface area (Å²) in [6.45, 7) is 0. The van der Waals surface area contributed by atoms with Crippen LogP contribution in [0.1, 0.15) is 25.7 Å². The van der Waals surface area contributed by atoms with Gasteiger partial charge < -0.3 is 0 Å². The van der Waals surface area contributed by atoms with E-state index in [-0.39, 0.29) is 0 Å². The molecule has 0 bridgehead atoms. The van der Waals surface area contributed by atoms with Crippen molar-refractivity contribution in [2.75, 3.05) is 0 Å². The molecule has 0 aromatic heterocycles. The summed E-state index contributed by atoms with van der Waals surface area (Å²) in [7, 11) is 0. The maximum atomic E-state index is 3.10. The van der Waals surface area contributed by atoms with Crippen LogP contribution in [-0.2, 0) is 0 Å². The zero-order valence-corrected chi connectivity index (χ0v) is 7.37. The zero-order chi connectivity index (χ0) is 8.49. The molecule has 0 saturated carbocycles. The standard InChI is InChI=1S/C12H15/c1-2-4-6-8-10-12-11-9-7-5-3-1/h1-4,8,11-12H,5,7,9-10H2/b3-1-,4-2-,8-6?,12-11-. The third-order valence-corrected chi connectivity index (χ3v) is 1.72. The van der Waals surface area contributed by atoms with Crippen LogP contribution in [0, 0.1) is 6.08 Å². The summed E-state index contributed by atoms with van der Waals surface area (Å²) >= 11 is 0. The summed E-state index contributed by atoms with van der Waals surface area (Å²) in [5, 5.41) is 0. The van der Waals surface area contributed by atoms with Crippen LogP contribution < -0.4 is 0 Å². The van der Waals surface area contributed by atoms with E-state index < -0.39 is 0 Å². The molecule has 0 heterocycles. The molecular formula is C12H15. The minimum absolute atomic E-state index is 1.01. The molecule has 63 valence electrons. The quantitative estimate of drug-likeness (QED) is 0.474. The van der Waals surface area contributed by atoms with Crippen LogP contribution in [0.15, 0.2) is 42.5 Å². The van der Waals surface area contributed by atoms with Crippen molar-refractivity contribution < 1.29 is 0 Å². The van der Waals surface area contributed by atoms with Gasteiger partial charge in [0.05, 0.1) is 0 Å². The molecule has 0 aliphatic heterocycles. The second-order valence-corrected chi connectivity index (χ2v) is 2.80. The van der Waals surface area contributed by atoms with Crippen molar-refractivity contribution in [3.8, 4) is 0 Å². The molecule has 1 aliphatic rings. The molecule has 12 heavy (non-hydrogen) atoms. The topological polar surface area (TPSA) is 0 Å². The number of hydrogen-bond donors (Lipinski definition) is 0. The fraction of sp³-hybridized carbons (Fsp3) is 0.333. The monoisotopic (exact) mass is 159 g/mol. The fourth-order valence-corrected chi connectivity index (χ4v) is 1.06. The van der Waals surface area contributed by atoms with E-state index in [2.05, 4.69) is 30.4 Å². The van der Waals surface area contributed by atoms with Gasteiger partial charge in [-0.15, -0.1) is 0 Å². The summed E-state index contributed by atoms with van der Waals surface area (Å²) in [4.78, 5) is 0. The van der Waals surface area contributed by atoms with Crippen molar-refractivity contribution in [3.63, 3.8) is 0 Å². The van der Waals surface area contributed by atoms with Gasteiger partial charge >= 0.3 is 0 Å². The molecular weight excluding hydrogens is 144 g/mol. The van der Waals surface area contributed by atoms with E-state index in [4.69, 9.17) is 0 Å². The van der Waals surface area contributed by atoms with E-state index >= 15 is 0 Å². The largest absolute Gasteiger partial charge is 0.0882 e. The van der Waals surface area contributed by atoms with Gasteiger partial charge in [0.1, 0.15) is 0 Å². The number of hydrogen-bond acceptors (Lipinski definition) is 0. The van der Waals surface area contributed by atoms with Crippen LogP contribution in [0.2, 0.25) is 0 Å². The molecule has 0 aromatic carbocycles. The highest BCUT2D eigenvalue weighted by atomic mass is 13.9. The predicted molar refractivity (Wildman–Crippen MR) is 53.7 cm³/mol. The van der Waals surface area contributed by atoms with Gasteiger partial charge in [-0.1, -0.05) is 42.5 Å². The summed E-state index contributed by atoms with van der Waals surface area (Å²) in [5.74, 6) is 0. The van der Waals surface area contributed by atoms with Crippen LogP contribution in [0.3, 0.4) is 0 Å². The van der Waals surface area contributed by atoms with Gasteiger partial charge in [0.15, 0.2) is 0 Å². The van der Waals surface area contributed by atoms with Crippen molar-refractivity contribution in [2.24, 2.45) is 0 Å². The molecule has 0 N–H and O–H groups in total. The summed E-state index contributed by atoms with van der Waals surface area (Å²) in [5.41, 5.74) is 0. The highest BCUT2D eigenvalue weighted by molar-refractivity contribution is 5.08. The Morgan fingerprint density at radius 1 is 0.917 bits per heavy atom. The zero-order valence-electron chi connectivity index (χ0n) is 7.37. The Morgan fingerprint density at radius 2 is 1.83 bits per heavy atom. The van der Waals surface area contributed by atoms with Crippen LogP contribution in [0.5, 0.6) is 0 Å². The highest BCUT2D eigenvalue weighted by Crippen LogP contribution is 2.00. The molecule has 0 spiro atoms. The predicted octanol–water partition coefficient (Wildman–Crippen LogP) is 3.59. The van der Waals surface area contributed by atoms with Crippen molar-refractivity contribution in [1.82, 2.24) is 0 Å². The maximum Gasteiger partial charge on any atom is -0.0160 e. The van der Waals surface area contributed by atoms with Gasteiger partial charge in [0.2, 0.25) is 0 Å². The van der Waals surface area contributed by atoms with Crippen LogP contribution >= 0.6 is 0 Å². The minimum Gasteiger partial charge on any atom is -0.0882 e. The van der Waals surface area contributed by atoms with E-state index in [9.17, 15) is 0 Å². The minimum atomic E-state index is 1.01. The van der Waals surface area contributed by atoms with Crippen LogP contribution in [0.25, 0.3) is 0 Å². The van der Waals surface area contributed by atoms with Gasteiger partial charge in [0, 0.05) is 0 Å². The van der Waals surface area contributed by atoms with Crippen LogP contribution in [-0.4, -0.2) is 0 Å². The van der Waals surface area contributed by atoms with Crippen molar-refractivity contribution >= 4 is 0 Å². The average molecular weight is 159 g/mol. The Bertz CT molecular complexity index is 204. The second-order valence-electron chi connectivity index (χ2n) is 2.80. The molecule has 0 nitrogen and oxygen atoms in total. The lowest BCUT2D eigenvalue weighted by Crippen LogP contribution is -1.70. The molecule has 1 radical (unpaired) electrons. The summed E-state index contributed by atoms with van der Waals surface area (Å²) in [6, 6.07) is 0. The normalized spacial score (nSPS) is 29.3. The SMILES string of the molecule is [C]1=C\C/C=C\CCC\C=C/C=C\1. The van der Waals surface area contributed by atoms with E-state index in [0.717, 1.165) is 6.42 Å². The Labute approximate surface area is 75.0 Å². The Kier molecular flexibility index (Phi) is 5.02. The first-order valence-corrected chi connectivity index (χ1v) is 4.54. The van der Waals surface area contributed by atoms with E-state index in [1.165, 1.54) is 19.3 Å². The van der Waals surface area contributed by atoms with Crippen molar-refractivity contribution in [1.29, 1.82) is 0 Å². The van der Waals surface area contributed by atoms with Gasteiger partial charge in [-0.3, -0.25) is 0 Å². The first-order valence-electron chi connectivity index (χ1n) is 4.54. The van der Waals surface area contributed by atoms with Gasteiger partial charge in [-0.2, -0.15) is 0 Å². The lowest BCUT2D eigenvalue weighted by Gasteiger charge is -1.90. The lowest BCUT2D eigenvalue weighted by molar-refractivity contribution is 0.866. The fourth-order valence-electron chi connectivity index (χ4n) is 1.06. The Hall–Kier alpha value is -1.04. The molecule has 0 aromatic rings. The molecule has 0 unspecified atom stereocenters. The Morgan fingerprint density at radius 3 is 2.83 bits per heavy atom. The summed E-state index contributed by atoms with van der Waals surface area (Å²) < 4.78 is 0. The number of allylic oxidation sites excluding steroid dienone is 8. The van der Waals surface area contributed by atoms with E-state index in [0.29, 0.717) is 0 Å². The third kappa shape index (κ3) is 4.73. The average Bonchev–Trinajstić information content (AvgIpc) is 2.05. The Balaban J connectivity index is 2.42. The first-order chi connectivity index (χ1) is 6.00. The van der Waals surface area contributed by atoms with Crippen LogP contribution in [0.4, 0.5) is 0 Å². The molecule has 0 heteroatoms. The van der Waals surface area contributed by atoms with Crippen molar-refractivity contribution in [2.45, 2.75) is 25.7 Å². The smallest absolute Gasteiger partial charge is 0.0160 e. The molecule has 0 fully saturated rings. The van der Waals surface area contributed by atoms with Gasteiger partial charge in [0.25, 0.3) is 0 Å². The first kappa shape index (κ1) is 9.05. The molecule has 1 rings (SSSR count). The van der Waals surface area contributed by atoms with E-state index in [1.807, 2.05) is 18.2 Å². The highest BCUT2D eigenvalue weighted by Gasteiger charge is 1.80. The number of rotatable bonds is 0. The third-order valence-electron chi connectivity index (χ3n) is 1.72. The molecule has 0 saturated heterocycles. The van der Waals surface area contributed by atoms with E-state index in [1.54, 1.807) is 0 Å². The van der Waals surface area contributed by atoms with Crippen molar-refractivity contribution in [3.05, 3.63) is 48.6 Å². The molecule has 0 atom stereocenters. The molecule has 1 aliphatic carbocycles. The van der Waals surface area contributed by atoms with Gasteiger partial charge in [-0.05, 0) is 31.8 Å². The van der Waals surface area contributed by atoms with Gasteiger partial charge in [-0.25, -0.2) is 0 Å².